The average Bonchev–Trinajstić information content (AvgIpc) is 3.60. The van der Waals surface area contributed by atoms with Gasteiger partial charge in [0.2, 0.25) is 0 Å². The van der Waals surface area contributed by atoms with Crippen LogP contribution in [-0.2, 0) is 42.9 Å². The maximum Gasteiger partial charge on any atom is 0.335 e. The van der Waals surface area contributed by atoms with Crippen molar-refractivity contribution >= 4 is 23.9 Å². The molecule has 12 nitrogen and oxygen atoms in total. The molecule has 1 aliphatic heterocycles. The molecule has 0 aromatic carbocycles. The third-order valence-electron chi connectivity index (χ3n) is 12.5. The zero-order chi connectivity index (χ0) is 60.3. The number of esters is 3. The number of carboxylic acid groups (broad SMARTS) is 1. The van der Waals surface area contributed by atoms with Gasteiger partial charge in [0.05, 0.1) is 13.0 Å². The summed E-state index contributed by atoms with van der Waals surface area (Å²) < 4.78 is 28.2. The Kier molecular flexibility index (Phi) is 50.8. The molecule has 83 heavy (non-hydrogen) atoms. The zero-order valence-corrected chi connectivity index (χ0v) is 50.6. The minimum Gasteiger partial charge on any atom is -0.479 e. The largest absolute Gasteiger partial charge is 0.479 e. The maximum atomic E-state index is 13.1. The summed E-state index contributed by atoms with van der Waals surface area (Å²) in [5.41, 5.74) is 0. The molecule has 1 saturated heterocycles. The van der Waals surface area contributed by atoms with Crippen molar-refractivity contribution in [1.82, 2.24) is 0 Å². The number of aliphatic carboxylic acids is 1. The van der Waals surface area contributed by atoms with Crippen molar-refractivity contribution in [2.45, 2.75) is 225 Å². The van der Waals surface area contributed by atoms with Gasteiger partial charge in [-0.25, -0.2) is 4.79 Å². The van der Waals surface area contributed by atoms with Gasteiger partial charge in [-0.1, -0.05) is 229 Å². The first-order valence-electron chi connectivity index (χ1n) is 30.8. The third-order valence-corrected chi connectivity index (χ3v) is 12.5. The average molecular weight is 1150 g/mol. The minimum absolute atomic E-state index is 0.0881. The number of unbranched alkanes of at least 4 members (excludes halogenated alkanes) is 6. The molecule has 460 valence electrons. The highest BCUT2D eigenvalue weighted by molar-refractivity contribution is 5.74. The Bertz CT molecular complexity index is 2140. The van der Waals surface area contributed by atoms with Gasteiger partial charge in [0.1, 0.15) is 18.8 Å². The van der Waals surface area contributed by atoms with Gasteiger partial charge in [-0.2, -0.15) is 0 Å². The fraction of sp³-hybridized carbons (Fsp3) is 0.521. The van der Waals surface area contributed by atoms with Crippen LogP contribution < -0.4 is 0 Å². The summed E-state index contributed by atoms with van der Waals surface area (Å²) in [7, 11) is 0. The lowest BCUT2D eigenvalue weighted by Gasteiger charge is -2.40. The number of carboxylic acids is 1. The molecule has 0 aliphatic carbocycles. The van der Waals surface area contributed by atoms with E-state index >= 15 is 0 Å². The van der Waals surface area contributed by atoms with E-state index in [-0.39, 0.29) is 25.9 Å². The highest BCUT2D eigenvalue weighted by Gasteiger charge is 2.50. The number of ether oxygens (including phenoxy) is 5. The van der Waals surface area contributed by atoms with E-state index in [0.717, 1.165) is 122 Å². The Balaban J connectivity index is 2.79. The molecule has 6 unspecified atom stereocenters. The lowest BCUT2D eigenvalue weighted by molar-refractivity contribution is -0.301. The molecular formula is C71H104O12. The fourth-order valence-corrected chi connectivity index (χ4v) is 7.93. The van der Waals surface area contributed by atoms with Crippen LogP contribution in [0.1, 0.15) is 188 Å². The number of hydrogen-bond donors (Lipinski definition) is 3. The Morgan fingerprint density at radius 3 is 1.20 bits per heavy atom. The van der Waals surface area contributed by atoms with Crippen LogP contribution in [-0.4, -0.2) is 89.2 Å². The van der Waals surface area contributed by atoms with Crippen LogP contribution in [0.5, 0.6) is 0 Å². The maximum absolute atomic E-state index is 13.1. The van der Waals surface area contributed by atoms with Gasteiger partial charge >= 0.3 is 23.9 Å². The van der Waals surface area contributed by atoms with Crippen molar-refractivity contribution in [3.8, 4) is 0 Å². The second-order valence-electron chi connectivity index (χ2n) is 19.9. The number of carbonyl (C=O) groups is 4. The smallest absolute Gasteiger partial charge is 0.335 e. The quantitative estimate of drug-likeness (QED) is 0.0228. The van der Waals surface area contributed by atoms with Crippen molar-refractivity contribution in [1.29, 1.82) is 0 Å². The minimum atomic E-state index is -1.96. The first-order chi connectivity index (χ1) is 40.6. The van der Waals surface area contributed by atoms with Gasteiger partial charge < -0.3 is 39.0 Å². The first kappa shape index (κ1) is 74.8. The fourth-order valence-electron chi connectivity index (χ4n) is 7.93. The number of hydrogen-bond acceptors (Lipinski definition) is 11. The van der Waals surface area contributed by atoms with Gasteiger partial charge in [-0.05, 0) is 122 Å². The molecule has 12 heteroatoms. The van der Waals surface area contributed by atoms with E-state index in [1.807, 2.05) is 36.5 Å². The molecule has 1 rings (SSSR count). The van der Waals surface area contributed by atoms with E-state index < -0.39 is 67.3 Å². The molecule has 1 fully saturated rings. The Hall–Kier alpha value is -6.18. The molecule has 6 atom stereocenters. The standard InChI is InChI=1S/C71H104O12/c1-4-7-10-13-16-19-22-25-28-30-32-34-37-39-42-45-48-51-54-57-63(72)79-60-62(81-64(73)58-55-52-49-46-43-40-36-27-24-21-18-15-12-9-6-3)61-80-71-69(67(76)66(75)68(83-71)70(77)78)82-65(74)59-56-53-50-47-44-41-38-35-33-31-29-26-23-20-17-14-11-8-5-2/h7-12,16-21,25-29,32-36,41,43-44,46,50,52-53,55,62,66-69,71,75-76H,4-6,13-15,22-24,30-31,37-40,42,45,47-49,51,54,56-61H2,1-3H3,(H,77,78)/b10-7-,11-8-,12-9-,19-16-,20-17-,21-18-,28-25-,29-26-,34-32-,35-33-,36-27-,44-41-,46-43-,53-50-,55-52-. The summed E-state index contributed by atoms with van der Waals surface area (Å²) in [6, 6.07) is 0. The number of aliphatic hydroxyl groups excluding tert-OH is 2. The summed E-state index contributed by atoms with van der Waals surface area (Å²) >= 11 is 0. The number of aliphatic hydroxyl groups is 2. The van der Waals surface area contributed by atoms with Crippen LogP contribution in [0, 0.1) is 0 Å². The van der Waals surface area contributed by atoms with E-state index in [9.17, 15) is 34.5 Å². The van der Waals surface area contributed by atoms with Crippen LogP contribution in [0.25, 0.3) is 0 Å². The van der Waals surface area contributed by atoms with Crippen LogP contribution in [0.4, 0.5) is 0 Å². The monoisotopic (exact) mass is 1150 g/mol. The van der Waals surface area contributed by atoms with Crippen LogP contribution in [0.3, 0.4) is 0 Å². The van der Waals surface area contributed by atoms with Crippen molar-refractivity contribution in [3.05, 3.63) is 182 Å². The topological polar surface area (TPSA) is 175 Å². The molecule has 0 spiro atoms. The summed E-state index contributed by atoms with van der Waals surface area (Å²) in [6.07, 6.45) is 73.2. The molecule has 1 aliphatic rings. The predicted octanol–water partition coefficient (Wildman–Crippen LogP) is 16.4. The van der Waals surface area contributed by atoms with E-state index in [2.05, 4.69) is 161 Å². The summed E-state index contributed by atoms with van der Waals surface area (Å²) in [6.45, 7) is 5.51. The second kappa shape index (κ2) is 56.3. The van der Waals surface area contributed by atoms with Crippen molar-refractivity contribution in [2.24, 2.45) is 0 Å². The van der Waals surface area contributed by atoms with Crippen molar-refractivity contribution in [3.63, 3.8) is 0 Å². The molecule has 0 aromatic rings. The lowest BCUT2D eigenvalue weighted by atomic mass is 9.98. The molecule has 0 saturated carbocycles. The van der Waals surface area contributed by atoms with Crippen LogP contribution in [0.2, 0.25) is 0 Å². The van der Waals surface area contributed by atoms with E-state index in [4.69, 9.17) is 23.7 Å². The van der Waals surface area contributed by atoms with E-state index in [1.165, 1.54) is 0 Å². The zero-order valence-electron chi connectivity index (χ0n) is 50.6. The van der Waals surface area contributed by atoms with Crippen LogP contribution >= 0.6 is 0 Å². The number of rotatable bonds is 49. The molecule has 0 aromatic heterocycles. The highest BCUT2D eigenvalue weighted by atomic mass is 16.7. The first-order valence-corrected chi connectivity index (χ1v) is 30.8. The van der Waals surface area contributed by atoms with Gasteiger partial charge in [0.15, 0.2) is 24.6 Å². The van der Waals surface area contributed by atoms with Gasteiger partial charge in [-0.3, -0.25) is 14.4 Å². The highest BCUT2D eigenvalue weighted by Crippen LogP contribution is 2.26. The van der Waals surface area contributed by atoms with Gasteiger partial charge in [-0.15, -0.1) is 0 Å². The van der Waals surface area contributed by atoms with Crippen molar-refractivity contribution < 1.29 is 58.2 Å². The number of carbonyl (C=O) groups excluding carboxylic acids is 3. The summed E-state index contributed by atoms with van der Waals surface area (Å²) in [4.78, 5) is 51.2. The molecular weight excluding hydrogens is 1040 g/mol. The predicted molar refractivity (Wildman–Crippen MR) is 339 cm³/mol. The second-order valence-corrected chi connectivity index (χ2v) is 19.9. The molecule has 0 amide bonds. The molecule has 3 N–H and O–H groups in total. The normalized spacial score (nSPS) is 18.9. The summed E-state index contributed by atoms with van der Waals surface area (Å²) in [5.74, 6) is -3.45. The van der Waals surface area contributed by atoms with Crippen LogP contribution in [0.15, 0.2) is 182 Å². The molecule has 1 heterocycles. The SMILES string of the molecule is CC/C=C\C/C=C\C/C=C\C/C=C\C/C=C\C/C=C\CCC(=O)OC1C(OCC(COC(=O)CCCCCCCC/C=C\C/C=C\C/C=C\C/C=C\CC)OC(=O)C/C=C\C/C=C\C/C=C\C/C=C\C/C=C\CC)OC(C(=O)O)C(O)C1O. The summed E-state index contributed by atoms with van der Waals surface area (Å²) in [5, 5.41) is 31.5. The third kappa shape index (κ3) is 46.0. The Morgan fingerprint density at radius 2 is 0.783 bits per heavy atom. The number of allylic oxidation sites excluding steroid dienone is 29. The Morgan fingerprint density at radius 1 is 0.410 bits per heavy atom. The Labute approximate surface area is 500 Å². The lowest BCUT2D eigenvalue weighted by Crippen LogP contribution is -2.61. The molecule has 0 bridgehead atoms. The van der Waals surface area contributed by atoms with Gasteiger partial charge in [0.25, 0.3) is 0 Å². The molecule has 0 radical (unpaired) electrons. The van der Waals surface area contributed by atoms with Crippen molar-refractivity contribution in [2.75, 3.05) is 13.2 Å². The van der Waals surface area contributed by atoms with E-state index in [0.29, 0.717) is 25.7 Å². The van der Waals surface area contributed by atoms with Gasteiger partial charge in [0, 0.05) is 12.8 Å². The van der Waals surface area contributed by atoms with E-state index in [1.54, 1.807) is 6.08 Å².